The zero-order chi connectivity index (χ0) is 13.7. The Kier molecular flexibility index (Phi) is 4.69. The highest BCUT2D eigenvalue weighted by Crippen LogP contribution is 2.40. The van der Waals surface area contributed by atoms with Crippen LogP contribution in [0.25, 0.3) is 0 Å². The molecular formula is C14H20N2O2S. The van der Waals surface area contributed by atoms with Gasteiger partial charge >= 0.3 is 5.97 Å². The van der Waals surface area contributed by atoms with Crippen molar-refractivity contribution in [3.8, 4) is 0 Å². The first-order valence-electron chi connectivity index (χ1n) is 6.52. The fraction of sp³-hybridized carbons (Fsp3) is 0.571. The summed E-state index contributed by atoms with van der Waals surface area (Å²) in [6.07, 6.45) is 8.91. The minimum atomic E-state index is -0.328. The van der Waals surface area contributed by atoms with E-state index in [0.29, 0.717) is 10.3 Å². The van der Waals surface area contributed by atoms with Gasteiger partial charge in [-0.05, 0) is 31.2 Å². The van der Waals surface area contributed by atoms with Gasteiger partial charge in [-0.25, -0.2) is 9.78 Å². The second-order valence-corrected chi connectivity index (χ2v) is 6.14. The van der Waals surface area contributed by atoms with E-state index in [1.807, 2.05) is 11.8 Å². The molecule has 1 aliphatic carbocycles. The summed E-state index contributed by atoms with van der Waals surface area (Å²) in [5.74, 6) is 0.411. The lowest BCUT2D eigenvalue weighted by Gasteiger charge is -2.27. The smallest absolute Gasteiger partial charge is 0.338 e. The molecule has 1 saturated carbocycles. The predicted octanol–water partition coefficient (Wildman–Crippen LogP) is 2.96. The van der Waals surface area contributed by atoms with Gasteiger partial charge in [-0.1, -0.05) is 12.8 Å². The van der Waals surface area contributed by atoms with Gasteiger partial charge in [0, 0.05) is 17.5 Å². The number of pyridine rings is 1. The number of hydrogen-bond acceptors (Lipinski definition) is 5. The quantitative estimate of drug-likeness (QED) is 0.840. The summed E-state index contributed by atoms with van der Waals surface area (Å²) in [6, 6.07) is 3.41. The summed E-state index contributed by atoms with van der Waals surface area (Å²) < 4.78 is 5.03. The van der Waals surface area contributed by atoms with Crippen LogP contribution in [0.2, 0.25) is 0 Å². The Morgan fingerprint density at radius 2 is 2.26 bits per heavy atom. The minimum Gasteiger partial charge on any atom is -0.465 e. The molecule has 1 fully saturated rings. The fourth-order valence-corrected chi connectivity index (χ4v) is 3.41. The highest BCUT2D eigenvalue weighted by molar-refractivity contribution is 8.00. The van der Waals surface area contributed by atoms with Crippen LogP contribution in [0.5, 0.6) is 0 Å². The Bertz CT molecular complexity index is 445. The molecule has 5 heteroatoms. The van der Waals surface area contributed by atoms with Crippen LogP contribution in [-0.4, -0.2) is 35.6 Å². The maximum atomic E-state index is 11.5. The van der Waals surface area contributed by atoms with Crippen molar-refractivity contribution in [3.63, 3.8) is 0 Å². The number of esters is 1. The molecule has 1 aromatic rings. The van der Waals surface area contributed by atoms with Crippen molar-refractivity contribution in [3.05, 3.63) is 23.9 Å². The van der Waals surface area contributed by atoms with E-state index in [9.17, 15) is 4.79 Å². The number of hydrogen-bond donors (Lipinski definition) is 1. The summed E-state index contributed by atoms with van der Waals surface area (Å²) in [4.78, 5) is 15.7. The molecule has 0 spiro atoms. The van der Waals surface area contributed by atoms with Crippen LogP contribution >= 0.6 is 11.8 Å². The van der Waals surface area contributed by atoms with Crippen LogP contribution < -0.4 is 5.32 Å². The summed E-state index contributed by atoms with van der Waals surface area (Å²) >= 11 is 1.93. The largest absolute Gasteiger partial charge is 0.465 e. The summed E-state index contributed by atoms with van der Waals surface area (Å²) in [5.41, 5.74) is 0.532. The number of thioether (sulfide) groups is 1. The summed E-state index contributed by atoms with van der Waals surface area (Å²) in [7, 11) is 1.39. The monoisotopic (exact) mass is 280 g/mol. The molecule has 0 aliphatic heterocycles. The number of nitrogens with zero attached hydrogens (tertiary/aromatic N) is 1. The molecule has 104 valence electrons. The number of rotatable bonds is 5. The predicted molar refractivity (Wildman–Crippen MR) is 78.8 cm³/mol. The van der Waals surface area contributed by atoms with Gasteiger partial charge in [0.15, 0.2) is 0 Å². The van der Waals surface area contributed by atoms with E-state index in [4.69, 9.17) is 4.74 Å². The first-order valence-corrected chi connectivity index (χ1v) is 7.75. The number of carbonyl (C=O) groups is 1. The van der Waals surface area contributed by atoms with Gasteiger partial charge in [0.05, 0.1) is 12.7 Å². The molecule has 1 aliphatic rings. The highest BCUT2D eigenvalue weighted by Gasteiger charge is 2.32. The lowest BCUT2D eigenvalue weighted by atomic mass is 10.1. The lowest BCUT2D eigenvalue weighted by Crippen LogP contribution is -2.30. The zero-order valence-electron chi connectivity index (χ0n) is 11.4. The van der Waals surface area contributed by atoms with E-state index in [0.717, 1.165) is 12.4 Å². The molecule has 1 N–H and O–H groups in total. The Labute approximate surface area is 118 Å². The average molecular weight is 280 g/mol. The first-order chi connectivity index (χ1) is 9.19. The maximum absolute atomic E-state index is 11.5. The molecule has 0 atom stereocenters. The van der Waals surface area contributed by atoms with Crippen molar-refractivity contribution in [2.75, 3.05) is 25.2 Å². The Morgan fingerprint density at radius 1 is 1.53 bits per heavy atom. The Hall–Kier alpha value is -1.23. The number of anilines is 1. The van der Waals surface area contributed by atoms with E-state index < -0.39 is 0 Å². The van der Waals surface area contributed by atoms with Crippen LogP contribution in [0.3, 0.4) is 0 Å². The van der Waals surface area contributed by atoms with E-state index in [1.165, 1.54) is 32.8 Å². The second kappa shape index (κ2) is 6.28. The molecule has 1 heterocycles. The van der Waals surface area contributed by atoms with Crippen molar-refractivity contribution in [1.29, 1.82) is 0 Å². The molecule has 2 rings (SSSR count). The molecule has 0 aromatic carbocycles. The molecule has 0 bridgehead atoms. The molecule has 0 radical (unpaired) electrons. The standard InChI is InChI=1S/C14H20N2O2S/c1-18-13(17)11-5-8-15-12(9-11)16-10-14(19-2)6-3-4-7-14/h5,8-9H,3-4,6-7,10H2,1-2H3,(H,15,16). The van der Waals surface area contributed by atoms with Crippen molar-refractivity contribution < 1.29 is 9.53 Å². The molecule has 0 unspecified atom stereocenters. The number of methoxy groups -OCH3 is 1. The van der Waals surface area contributed by atoms with E-state index in [2.05, 4.69) is 16.6 Å². The summed E-state index contributed by atoms with van der Waals surface area (Å²) in [6.45, 7) is 0.895. The van der Waals surface area contributed by atoms with Crippen LogP contribution in [0, 0.1) is 0 Å². The molecule has 19 heavy (non-hydrogen) atoms. The molecule has 4 nitrogen and oxygen atoms in total. The highest BCUT2D eigenvalue weighted by atomic mass is 32.2. The van der Waals surface area contributed by atoms with Crippen molar-refractivity contribution >= 4 is 23.5 Å². The summed E-state index contributed by atoms with van der Waals surface area (Å²) in [5, 5.41) is 3.36. The van der Waals surface area contributed by atoms with Gasteiger partial charge in [-0.2, -0.15) is 11.8 Å². The molecule has 0 amide bonds. The maximum Gasteiger partial charge on any atom is 0.338 e. The SMILES string of the molecule is COC(=O)c1ccnc(NCC2(SC)CCCC2)c1. The molecule has 1 aromatic heterocycles. The van der Waals surface area contributed by atoms with Gasteiger partial charge in [0.25, 0.3) is 0 Å². The minimum absolute atomic E-state index is 0.322. The zero-order valence-corrected chi connectivity index (χ0v) is 12.3. The lowest BCUT2D eigenvalue weighted by molar-refractivity contribution is 0.0600. The normalized spacial score (nSPS) is 17.2. The Balaban J connectivity index is 2.01. The third-order valence-corrected chi connectivity index (χ3v) is 5.14. The van der Waals surface area contributed by atoms with E-state index in [1.54, 1.807) is 18.3 Å². The van der Waals surface area contributed by atoms with Crippen molar-refractivity contribution in [1.82, 2.24) is 4.98 Å². The second-order valence-electron chi connectivity index (χ2n) is 4.87. The third-order valence-electron chi connectivity index (χ3n) is 3.72. The van der Waals surface area contributed by atoms with Gasteiger partial charge in [0.1, 0.15) is 5.82 Å². The van der Waals surface area contributed by atoms with Crippen LogP contribution in [0.4, 0.5) is 5.82 Å². The third kappa shape index (κ3) is 3.41. The Morgan fingerprint density at radius 3 is 2.89 bits per heavy atom. The number of aromatic nitrogens is 1. The van der Waals surface area contributed by atoms with Gasteiger partial charge in [-0.15, -0.1) is 0 Å². The first kappa shape index (κ1) is 14.2. The fourth-order valence-electron chi connectivity index (χ4n) is 2.50. The van der Waals surface area contributed by atoms with Gasteiger partial charge in [-0.3, -0.25) is 0 Å². The van der Waals surface area contributed by atoms with E-state index >= 15 is 0 Å². The van der Waals surface area contributed by atoms with E-state index in [-0.39, 0.29) is 5.97 Å². The van der Waals surface area contributed by atoms with Crippen LogP contribution in [0.1, 0.15) is 36.0 Å². The van der Waals surface area contributed by atoms with Crippen LogP contribution in [-0.2, 0) is 4.74 Å². The topological polar surface area (TPSA) is 51.2 Å². The van der Waals surface area contributed by atoms with Gasteiger partial charge < -0.3 is 10.1 Å². The number of carbonyl (C=O) groups excluding carboxylic acids is 1. The van der Waals surface area contributed by atoms with Crippen molar-refractivity contribution in [2.24, 2.45) is 0 Å². The van der Waals surface area contributed by atoms with Gasteiger partial charge in [0.2, 0.25) is 0 Å². The molecule has 0 saturated heterocycles. The average Bonchev–Trinajstić information content (AvgIpc) is 2.94. The molecular weight excluding hydrogens is 260 g/mol. The number of nitrogens with one attached hydrogen (secondary N) is 1. The van der Waals surface area contributed by atoms with Crippen LogP contribution in [0.15, 0.2) is 18.3 Å². The number of ether oxygens (including phenoxy) is 1. The van der Waals surface area contributed by atoms with Crippen molar-refractivity contribution in [2.45, 2.75) is 30.4 Å².